The Kier molecular flexibility index (Phi) is 5.91. The van der Waals surface area contributed by atoms with Gasteiger partial charge in [0.05, 0.1) is 17.8 Å². The summed E-state index contributed by atoms with van der Waals surface area (Å²) in [6.45, 7) is 5.33. The molecule has 0 bridgehead atoms. The molecule has 0 aromatic carbocycles. The van der Waals surface area contributed by atoms with Crippen LogP contribution in [0.2, 0.25) is 0 Å². The van der Waals surface area contributed by atoms with E-state index in [0.717, 1.165) is 57.8 Å². The third-order valence-corrected chi connectivity index (χ3v) is 5.58. The zero-order valence-corrected chi connectivity index (χ0v) is 15.8. The molecule has 25 heavy (non-hydrogen) atoms. The zero-order valence-electron chi connectivity index (χ0n) is 15.8. The van der Waals surface area contributed by atoms with Crippen molar-refractivity contribution in [2.75, 3.05) is 65.3 Å². The Hall–Kier alpha value is -1.66. The number of hydrogen-bond donors (Lipinski definition) is 0. The van der Waals surface area contributed by atoms with E-state index in [2.05, 4.69) is 51.8 Å². The van der Waals surface area contributed by atoms with Gasteiger partial charge in [0.2, 0.25) is 5.91 Å². The van der Waals surface area contributed by atoms with Gasteiger partial charge >= 0.3 is 0 Å². The summed E-state index contributed by atoms with van der Waals surface area (Å²) < 4.78 is 0. The monoisotopic (exact) mass is 345 g/mol. The maximum absolute atomic E-state index is 13.0. The van der Waals surface area contributed by atoms with Gasteiger partial charge < -0.3 is 19.6 Å². The standard InChI is InChI=1S/C19H31N5O/c1-21(2)18-7-6-16(14-22(3)15-18)19(25)24-11-9-23(10-12-24)17-5-4-8-20-13-17/h4-5,8,13,16,18H,6-7,9-12,14-15H2,1-3H3/t16-,18+/m1/s1. The molecule has 6 heteroatoms. The third kappa shape index (κ3) is 4.50. The summed E-state index contributed by atoms with van der Waals surface area (Å²) in [5, 5.41) is 0. The van der Waals surface area contributed by atoms with Crippen LogP contribution >= 0.6 is 0 Å². The summed E-state index contributed by atoms with van der Waals surface area (Å²) >= 11 is 0. The molecule has 2 saturated heterocycles. The number of aromatic nitrogens is 1. The first-order valence-electron chi connectivity index (χ1n) is 9.33. The molecule has 2 fully saturated rings. The van der Waals surface area contributed by atoms with Crippen molar-refractivity contribution in [3.05, 3.63) is 24.5 Å². The number of rotatable bonds is 3. The Morgan fingerprint density at radius 3 is 2.56 bits per heavy atom. The van der Waals surface area contributed by atoms with Gasteiger partial charge in [0, 0.05) is 51.5 Å². The smallest absolute Gasteiger partial charge is 0.227 e. The van der Waals surface area contributed by atoms with E-state index >= 15 is 0 Å². The second-order valence-corrected chi connectivity index (χ2v) is 7.64. The highest BCUT2D eigenvalue weighted by molar-refractivity contribution is 5.79. The van der Waals surface area contributed by atoms with Gasteiger partial charge in [0.25, 0.3) is 0 Å². The van der Waals surface area contributed by atoms with Crippen LogP contribution in [0.3, 0.4) is 0 Å². The number of likely N-dealkylation sites (N-methyl/N-ethyl adjacent to an activating group) is 2. The predicted octanol–water partition coefficient (Wildman–Crippen LogP) is 1.00. The first-order chi connectivity index (χ1) is 12.0. The fourth-order valence-electron chi connectivity index (χ4n) is 3.99. The first-order valence-corrected chi connectivity index (χ1v) is 9.33. The number of anilines is 1. The van der Waals surface area contributed by atoms with Crippen LogP contribution in [0, 0.1) is 5.92 Å². The molecule has 6 nitrogen and oxygen atoms in total. The second kappa shape index (κ2) is 8.15. The Morgan fingerprint density at radius 2 is 1.92 bits per heavy atom. The molecular weight excluding hydrogens is 314 g/mol. The lowest BCUT2D eigenvalue weighted by Gasteiger charge is -2.37. The largest absolute Gasteiger partial charge is 0.367 e. The molecule has 138 valence electrons. The van der Waals surface area contributed by atoms with E-state index in [1.807, 2.05) is 12.3 Å². The van der Waals surface area contributed by atoms with Crippen LogP contribution in [-0.2, 0) is 4.79 Å². The topological polar surface area (TPSA) is 42.9 Å². The van der Waals surface area contributed by atoms with Crippen molar-refractivity contribution in [2.24, 2.45) is 5.92 Å². The number of carbonyl (C=O) groups is 1. The normalized spacial score (nSPS) is 25.9. The van der Waals surface area contributed by atoms with Crippen molar-refractivity contribution in [3.8, 4) is 0 Å². The lowest BCUT2D eigenvalue weighted by molar-refractivity contribution is -0.136. The van der Waals surface area contributed by atoms with Gasteiger partial charge in [-0.1, -0.05) is 0 Å². The van der Waals surface area contributed by atoms with Gasteiger partial charge in [0.1, 0.15) is 0 Å². The van der Waals surface area contributed by atoms with Crippen LogP contribution < -0.4 is 4.90 Å². The molecule has 1 aromatic rings. The van der Waals surface area contributed by atoms with Crippen LogP contribution in [-0.4, -0.2) is 92.0 Å². The van der Waals surface area contributed by atoms with E-state index in [1.165, 1.54) is 0 Å². The number of piperazine rings is 1. The Bertz CT molecular complexity index is 556. The highest BCUT2D eigenvalue weighted by Gasteiger charge is 2.31. The van der Waals surface area contributed by atoms with Gasteiger partial charge in [-0.05, 0) is 46.1 Å². The van der Waals surface area contributed by atoms with Crippen molar-refractivity contribution in [1.82, 2.24) is 19.7 Å². The Balaban J connectivity index is 1.55. The van der Waals surface area contributed by atoms with Gasteiger partial charge in [0.15, 0.2) is 0 Å². The van der Waals surface area contributed by atoms with Crippen LogP contribution in [0.4, 0.5) is 5.69 Å². The lowest BCUT2D eigenvalue weighted by Crippen LogP contribution is -2.51. The Labute approximate surface area is 151 Å². The molecule has 0 N–H and O–H groups in total. The summed E-state index contributed by atoms with van der Waals surface area (Å²) in [6.07, 6.45) is 5.80. The second-order valence-electron chi connectivity index (χ2n) is 7.64. The van der Waals surface area contributed by atoms with Gasteiger partial charge in [-0.2, -0.15) is 0 Å². The molecule has 2 aliphatic heterocycles. The number of carbonyl (C=O) groups excluding carboxylic acids is 1. The van der Waals surface area contributed by atoms with Crippen molar-refractivity contribution < 1.29 is 4.79 Å². The van der Waals surface area contributed by atoms with E-state index in [0.29, 0.717) is 11.9 Å². The van der Waals surface area contributed by atoms with Crippen LogP contribution in [0.1, 0.15) is 12.8 Å². The highest BCUT2D eigenvalue weighted by Crippen LogP contribution is 2.22. The number of hydrogen-bond acceptors (Lipinski definition) is 5. The SMILES string of the molecule is CN1C[C@H](C(=O)N2CCN(c3cccnc3)CC2)CC[C@H](N(C)C)C1. The molecule has 1 aromatic heterocycles. The van der Waals surface area contributed by atoms with E-state index in [-0.39, 0.29) is 5.92 Å². The van der Waals surface area contributed by atoms with Crippen molar-refractivity contribution >= 4 is 11.6 Å². The van der Waals surface area contributed by atoms with E-state index in [9.17, 15) is 4.79 Å². The van der Waals surface area contributed by atoms with Crippen molar-refractivity contribution in [2.45, 2.75) is 18.9 Å². The van der Waals surface area contributed by atoms with Crippen molar-refractivity contribution in [3.63, 3.8) is 0 Å². The summed E-state index contributed by atoms with van der Waals surface area (Å²) in [4.78, 5) is 26.2. The minimum Gasteiger partial charge on any atom is -0.367 e. The quantitative estimate of drug-likeness (QED) is 0.818. The highest BCUT2D eigenvalue weighted by atomic mass is 16.2. The van der Waals surface area contributed by atoms with Crippen LogP contribution in [0.15, 0.2) is 24.5 Å². The maximum atomic E-state index is 13.0. The van der Waals surface area contributed by atoms with E-state index in [4.69, 9.17) is 0 Å². The van der Waals surface area contributed by atoms with Crippen molar-refractivity contribution in [1.29, 1.82) is 0 Å². The molecule has 2 atom stereocenters. The predicted molar refractivity (Wildman–Crippen MR) is 101 cm³/mol. The summed E-state index contributed by atoms with van der Waals surface area (Å²) in [5.41, 5.74) is 1.15. The average molecular weight is 345 g/mol. The molecule has 1 amide bonds. The van der Waals surface area contributed by atoms with E-state index in [1.54, 1.807) is 6.20 Å². The first kappa shape index (κ1) is 18.1. The number of likely N-dealkylation sites (tertiary alicyclic amines) is 1. The number of pyridine rings is 1. The number of amides is 1. The average Bonchev–Trinajstić information content (AvgIpc) is 2.84. The molecule has 0 radical (unpaired) electrons. The summed E-state index contributed by atoms with van der Waals surface area (Å²) in [5.74, 6) is 0.483. The molecule has 0 spiro atoms. The minimum absolute atomic E-state index is 0.139. The zero-order chi connectivity index (χ0) is 17.8. The summed E-state index contributed by atoms with van der Waals surface area (Å²) in [6, 6.07) is 4.60. The molecule has 0 aliphatic carbocycles. The van der Waals surface area contributed by atoms with Gasteiger partial charge in [-0.25, -0.2) is 0 Å². The third-order valence-electron chi connectivity index (χ3n) is 5.58. The van der Waals surface area contributed by atoms with Crippen LogP contribution in [0.25, 0.3) is 0 Å². The molecule has 0 saturated carbocycles. The lowest BCUT2D eigenvalue weighted by atomic mass is 9.99. The fraction of sp³-hybridized carbons (Fsp3) is 0.684. The maximum Gasteiger partial charge on any atom is 0.227 e. The fourth-order valence-corrected chi connectivity index (χ4v) is 3.99. The molecule has 3 heterocycles. The molecule has 3 rings (SSSR count). The summed E-state index contributed by atoms with van der Waals surface area (Å²) in [7, 11) is 6.42. The Morgan fingerprint density at radius 1 is 1.16 bits per heavy atom. The van der Waals surface area contributed by atoms with E-state index < -0.39 is 0 Å². The number of nitrogens with zero attached hydrogens (tertiary/aromatic N) is 5. The minimum atomic E-state index is 0.139. The molecule has 2 aliphatic rings. The van der Waals surface area contributed by atoms with Gasteiger partial charge in [-0.15, -0.1) is 0 Å². The van der Waals surface area contributed by atoms with Crippen LogP contribution in [0.5, 0.6) is 0 Å². The van der Waals surface area contributed by atoms with Gasteiger partial charge in [-0.3, -0.25) is 9.78 Å². The molecular formula is C19H31N5O. The molecule has 0 unspecified atom stereocenters.